The SMILES string of the molecule is CC(C)(C)c1ncc(C(=O)NCc2cccnc2-n2ccnc2)s1. The quantitative estimate of drug-likeness (QED) is 0.792. The van der Waals surface area contributed by atoms with Crippen LogP contribution >= 0.6 is 11.3 Å². The largest absolute Gasteiger partial charge is 0.347 e. The Morgan fingerprint density at radius 1 is 1.29 bits per heavy atom. The molecule has 0 atom stereocenters. The van der Waals surface area contributed by atoms with Crippen LogP contribution in [0.2, 0.25) is 0 Å². The van der Waals surface area contributed by atoms with Crippen molar-refractivity contribution in [1.82, 2.24) is 24.8 Å². The molecule has 3 heterocycles. The third kappa shape index (κ3) is 3.51. The van der Waals surface area contributed by atoms with Crippen LogP contribution in [0, 0.1) is 0 Å². The number of carbonyl (C=O) groups is 1. The zero-order valence-corrected chi connectivity index (χ0v) is 14.7. The zero-order valence-electron chi connectivity index (χ0n) is 13.9. The van der Waals surface area contributed by atoms with E-state index >= 15 is 0 Å². The number of nitrogens with zero attached hydrogens (tertiary/aromatic N) is 4. The van der Waals surface area contributed by atoms with Gasteiger partial charge in [-0.2, -0.15) is 0 Å². The first-order valence-electron chi connectivity index (χ1n) is 7.62. The maximum atomic E-state index is 12.4. The molecule has 3 aromatic heterocycles. The number of hydrogen-bond acceptors (Lipinski definition) is 5. The lowest BCUT2D eigenvalue weighted by atomic mass is 9.98. The van der Waals surface area contributed by atoms with Gasteiger partial charge in [-0.15, -0.1) is 11.3 Å². The molecule has 0 spiro atoms. The summed E-state index contributed by atoms with van der Waals surface area (Å²) in [7, 11) is 0. The van der Waals surface area contributed by atoms with Crippen molar-refractivity contribution in [1.29, 1.82) is 0 Å². The van der Waals surface area contributed by atoms with E-state index in [4.69, 9.17) is 0 Å². The number of carbonyl (C=O) groups excluding carboxylic acids is 1. The van der Waals surface area contributed by atoms with Crippen molar-refractivity contribution < 1.29 is 4.79 Å². The highest BCUT2D eigenvalue weighted by atomic mass is 32.1. The minimum absolute atomic E-state index is 0.0544. The van der Waals surface area contributed by atoms with Gasteiger partial charge in [0.2, 0.25) is 0 Å². The molecule has 0 fully saturated rings. The lowest BCUT2D eigenvalue weighted by molar-refractivity contribution is 0.0954. The third-order valence-corrected chi connectivity index (χ3v) is 4.85. The fourth-order valence-corrected chi connectivity index (χ4v) is 3.06. The average Bonchev–Trinajstić information content (AvgIpc) is 3.23. The van der Waals surface area contributed by atoms with Gasteiger partial charge in [0, 0.05) is 36.1 Å². The van der Waals surface area contributed by atoms with Crippen LogP contribution in [-0.2, 0) is 12.0 Å². The highest BCUT2D eigenvalue weighted by molar-refractivity contribution is 7.13. The van der Waals surface area contributed by atoms with Gasteiger partial charge < -0.3 is 5.32 Å². The Kier molecular flexibility index (Phi) is 4.44. The standard InChI is InChI=1S/C17H19N5OS/c1-17(2,3)16-21-10-13(24-16)15(23)20-9-12-5-4-6-19-14(12)22-8-7-18-11-22/h4-8,10-11H,9H2,1-3H3,(H,20,23). The van der Waals surface area contributed by atoms with Crippen LogP contribution in [0.3, 0.4) is 0 Å². The molecule has 124 valence electrons. The summed E-state index contributed by atoms with van der Waals surface area (Å²) in [5.41, 5.74) is 0.866. The normalized spacial score (nSPS) is 11.5. The van der Waals surface area contributed by atoms with Crippen LogP contribution in [0.15, 0.2) is 43.2 Å². The number of rotatable bonds is 4. The van der Waals surface area contributed by atoms with Crippen LogP contribution < -0.4 is 5.32 Å². The number of aromatic nitrogens is 4. The van der Waals surface area contributed by atoms with E-state index in [9.17, 15) is 4.79 Å². The first kappa shape index (κ1) is 16.3. The topological polar surface area (TPSA) is 72.7 Å². The summed E-state index contributed by atoms with van der Waals surface area (Å²) in [6.45, 7) is 6.64. The minimum Gasteiger partial charge on any atom is -0.347 e. The summed E-state index contributed by atoms with van der Waals surface area (Å²) < 4.78 is 1.83. The Morgan fingerprint density at radius 2 is 2.12 bits per heavy atom. The lowest BCUT2D eigenvalue weighted by Gasteiger charge is -2.13. The number of pyridine rings is 1. The number of imidazole rings is 1. The number of hydrogen-bond donors (Lipinski definition) is 1. The Morgan fingerprint density at radius 3 is 2.79 bits per heavy atom. The van der Waals surface area contributed by atoms with Crippen LogP contribution in [0.25, 0.3) is 5.82 Å². The molecule has 7 heteroatoms. The maximum Gasteiger partial charge on any atom is 0.263 e. The number of thiazole rings is 1. The molecule has 3 rings (SSSR count). The molecule has 0 unspecified atom stereocenters. The highest BCUT2D eigenvalue weighted by Gasteiger charge is 2.20. The van der Waals surface area contributed by atoms with Gasteiger partial charge in [0.05, 0.1) is 11.2 Å². The monoisotopic (exact) mass is 341 g/mol. The highest BCUT2D eigenvalue weighted by Crippen LogP contribution is 2.26. The van der Waals surface area contributed by atoms with E-state index in [2.05, 4.69) is 41.0 Å². The summed E-state index contributed by atoms with van der Waals surface area (Å²) in [5, 5.41) is 3.89. The van der Waals surface area contributed by atoms with Gasteiger partial charge in [0.1, 0.15) is 17.0 Å². The van der Waals surface area contributed by atoms with Crippen molar-refractivity contribution >= 4 is 17.2 Å². The van der Waals surface area contributed by atoms with Gasteiger partial charge in [-0.05, 0) is 6.07 Å². The predicted octanol–water partition coefficient (Wildman–Crippen LogP) is 2.95. The van der Waals surface area contributed by atoms with Gasteiger partial charge in [0.25, 0.3) is 5.91 Å². The molecule has 0 radical (unpaired) electrons. The summed E-state index contributed by atoms with van der Waals surface area (Å²) in [4.78, 5) is 25.8. The van der Waals surface area contributed by atoms with Crippen LogP contribution in [0.1, 0.15) is 41.0 Å². The molecule has 0 bridgehead atoms. The molecule has 0 aliphatic rings. The van der Waals surface area contributed by atoms with Crippen molar-refractivity contribution in [3.8, 4) is 5.82 Å². The zero-order chi connectivity index (χ0) is 17.2. The van der Waals surface area contributed by atoms with E-state index in [1.807, 2.05) is 22.9 Å². The molecule has 1 N–H and O–H groups in total. The van der Waals surface area contributed by atoms with Crippen molar-refractivity contribution in [2.45, 2.75) is 32.7 Å². The third-order valence-electron chi connectivity index (χ3n) is 3.43. The van der Waals surface area contributed by atoms with E-state index in [1.165, 1.54) is 11.3 Å². The number of amides is 1. The molecule has 24 heavy (non-hydrogen) atoms. The molecule has 6 nitrogen and oxygen atoms in total. The average molecular weight is 341 g/mol. The molecule has 0 saturated carbocycles. The van der Waals surface area contributed by atoms with Crippen LogP contribution in [-0.4, -0.2) is 25.4 Å². The molecular weight excluding hydrogens is 322 g/mol. The van der Waals surface area contributed by atoms with Gasteiger partial charge >= 0.3 is 0 Å². The second-order valence-electron chi connectivity index (χ2n) is 6.42. The fraction of sp³-hybridized carbons (Fsp3) is 0.294. The van der Waals surface area contributed by atoms with E-state index < -0.39 is 0 Å². The van der Waals surface area contributed by atoms with E-state index in [0.717, 1.165) is 16.4 Å². The van der Waals surface area contributed by atoms with Crippen molar-refractivity contribution in [2.24, 2.45) is 0 Å². The second-order valence-corrected chi connectivity index (χ2v) is 7.45. The second kappa shape index (κ2) is 6.52. The van der Waals surface area contributed by atoms with Crippen molar-refractivity contribution in [2.75, 3.05) is 0 Å². The van der Waals surface area contributed by atoms with Crippen molar-refractivity contribution in [3.05, 3.63) is 58.7 Å². The van der Waals surface area contributed by atoms with Gasteiger partial charge in [0.15, 0.2) is 0 Å². The Bertz CT molecular complexity index is 833. The van der Waals surface area contributed by atoms with Gasteiger partial charge in [-0.3, -0.25) is 9.36 Å². The molecule has 0 aliphatic heterocycles. The Balaban J connectivity index is 1.73. The molecule has 0 saturated heterocycles. The maximum absolute atomic E-state index is 12.4. The number of nitrogens with one attached hydrogen (secondary N) is 1. The molecular formula is C17H19N5OS. The Hall–Kier alpha value is -2.54. The summed E-state index contributed by atoms with van der Waals surface area (Å²) in [5.74, 6) is 0.637. The Labute approximate surface area is 144 Å². The molecule has 3 aromatic rings. The van der Waals surface area contributed by atoms with Gasteiger partial charge in [-0.25, -0.2) is 15.0 Å². The smallest absolute Gasteiger partial charge is 0.263 e. The fourth-order valence-electron chi connectivity index (χ4n) is 2.17. The predicted molar refractivity (Wildman–Crippen MR) is 93.3 cm³/mol. The summed E-state index contributed by atoms with van der Waals surface area (Å²) in [6, 6.07) is 3.79. The van der Waals surface area contributed by atoms with Crippen LogP contribution in [0.5, 0.6) is 0 Å². The minimum atomic E-state index is -0.122. The summed E-state index contributed by atoms with van der Waals surface area (Å²) >= 11 is 1.43. The van der Waals surface area contributed by atoms with Crippen LogP contribution in [0.4, 0.5) is 0 Å². The van der Waals surface area contributed by atoms with E-state index in [1.54, 1.807) is 24.9 Å². The lowest BCUT2D eigenvalue weighted by Crippen LogP contribution is -2.22. The summed E-state index contributed by atoms with van der Waals surface area (Å²) in [6.07, 6.45) is 8.57. The first-order chi connectivity index (χ1) is 11.4. The van der Waals surface area contributed by atoms with E-state index in [0.29, 0.717) is 11.4 Å². The molecule has 0 aliphatic carbocycles. The molecule has 1 amide bonds. The molecule has 0 aromatic carbocycles. The van der Waals surface area contributed by atoms with E-state index in [-0.39, 0.29) is 11.3 Å². The van der Waals surface area contributed by atoms with Gasteiger partial charge in [-0.1, -0.05) is 26.8 Å². The van der Waals surface area contributed by atoms with Crippen molar-refractivity contribution in [3.63, 3.8) is 0 Å². The first-order valence-corrected chi connectivity index (χ1v) is 8.43.